The molecule has 1 aromatic carbocycles. The maximum Gasteiger partial charge on any atom is 0.0589 e. The van der Waals surface area contributed by atoms with Gasteiger partial charge >= 0.3 is 0 Å². The summed E-state index contributed by atoms with van der Waals surface area (Å²) in [7, 11) is 1.75. The molecule has 0 bridgehead atoms. The number of rotatable bonds is 7. The molecule has 0 heterocycles. The van der Waals surface area contributed by atoms with E-state index in [2.05, 4.69) is 30.9 Å². The molecule has 0 aromatic heterocycles. The first kappa shape index (κ1) is 14.0. The van der Waals surface area contributed by atoms with Gasteiger partial charge in [0.25, 0.3) is 0 Å². The van der Waals surface area contributed by atoms with Gasteiger partial charge in [-0.2, -0.15) is 0 Å². The molecular formula is C14H24N2O. The molecule has 1 aromatic rings. The second kappa shape index (κ2) is 7.30. The van der Waals surface area contributed by atoms with Crippen molar-refractivity contribution in [3.05, 3.63) is 29.8 Å². The lowest BCUT2D eigenvalue weighted by molar-refractivity contribution is 0.130. The van der Waals surface area contributed by atoms with Crippen LogP contribution in [0.3, 0.4) is 0 Å². The summed E-state index contributed by atoms with van der Waals surface area (Å²) >= 11 is 0. The zero-order valence-electron chi connectivity index (χ0n) is 11.1. The molecule has 0 aliphatic rings. The highest BCUT2D eigenvalue weighted by molar-refractivity contribution is 5.40. The number of nitrogens with zero attached hydrogens (tertiary/aromatic N) is 1. The maximum atomic E-state index is 5.77. The third-order valence-electron chi connectivity index (χ3n) is 2.95. The lowest BCUT2D eigenvalue weighted by Crippen LogP contribution is -2.35. The van der Waals surface area contributed by atoms with Crippen LogP contribution in [0.2, 0.25) is 0 Å². The van der Waals surface area contributed by atoms with Gasteiger partial charge in [0.15, 0.2) is 0 Å². The minimum atomic E-state index is 0.547. The minimum Gasteiger partial charge on any atom is -0.399 e. The van der Waals surface area contributed by atoms with E-state index in [0.29, 0.717) is 6.04 Å². The fourth-order valence-electron chi connectivity index (χ4n) is 1.86. The van der Waals surface area contributed by atoms with E-state index in [1.807, 2.05) is 12.1 Å². The number of anilines is 1. The van der Waals surface area contributed by atoms with Crippen molar-refractivity contribution in [3.8, 4) is 0 Å². The summed E-state index contributed by atoms with van der Waals surface area (Å²) in [6.45, 7) is 7.25. The summed E-state index contributed by atoms with van der Waals surface area (Å²) in [6.07, 6.45) is 1.03. The molecule has 17 heavy (non-hydrogen) atoms. The van der Waals surface area contributed by atoms with Crippen LogP contribution in [-0.2, 0) is 11.2 Å². The van der Waals surface area contributed by atoms with Gasteiger partial charge in [0.2, 0.25) is 0 Å². The number of nitrogens with two attached hydrogens (primary N) is 1. The summed E-state index contributed by atoms with van der Waals surface area (Å²) in [5.74, 6) is 0. The number of hydrogen-bond donors (Lipinski definition) is 1. The van der Waals surface area contributed by atoms with Crippen molar-refractivity contribution in [1.82, 2.24) is 4.90 Å². The molecule has 0 saturated heterocycles. The number of hydrogen-bond acceptors (Lipinski definition) is 3. The van der Waals surface area contributed by atoms with E-state index in [1.165, 1.54) is 5.56 Å². The summed E-state index contributed by atoms with van der Waals surface area (Å²) in [6, 6.07) is 8.67. The fourth-order valence-corrected chi connectivity index (χ4v) is 1.86. The Morgan fingerprint density at radius 1 is 1.29 bits per heavy atom. The first-order valence-corrected chi connectivity index (χ1v) is 6.21. The van der Waals surface area contributed by atoms with E-state index >= 15 is 0 Å². The SMILES string of the molecule is COCCN(CCc1cccc(N)c1)C(C)C. The van der Waals surface area contributed by atoms with E-state index < -0.39 is 0 Å². The van der Waals surface area contributed by atoms with E-state index in [-0.39, 0.29) is 0 Å². The second-order valence-corrected chi connectivity index (χ2v) is 4.62. The van der Waals surface area contributed by atoms with E-state index in [9.17, 15) is 0 Å². The summed E-state index contributed by atoms with van der Waals surface area (Å²) < 4.78 is 5.13. The average molecular weight is 236 g/mol. The molecule has 0 amide bonds. The third-order valence-corrected chi connectivity index (χ3v) is 2.95. The topological polar surface area (TPSA) is 38.5 Å². The first-order chi connectivity index (χ1) is 8.13. The molecule has 0 radical (unpaired) electrons. The Balaban J connectivity index is 2.45. The standard InChI is InChI=1S/C14H24N2O/c1-12(2)16(9-10-17-3)8-7-13-5-4-6-14(15)11-13/h4-6,11-12H,7-10,15H2,1-3H3. The van der Waals surface area contributed by atoms with Crippen LogP contribution in [0.25, 0.3) is 0 Å². The molecule has 0 fully saturated rings. The molecule has 0 atom stereocenters. The molecule has 2 N–H and O–H groups in total. The van der Waals surface area contributed by atoms with Gasteiger partial charge in [-0.1, -0.05) is 12.1 Å². The van der Waals surface area contributed by atoms with E-state index in [4.69, 9.17) is 10.5 Å². The van der Waals surface area contributed by atoms with Gasteiger partial charge in [-0.3, -0.25) is 4.90 Å². The lowest BCUT2D eigenvalue weighted by Gasteiger charge is -2.26. The Labute approximate surface area is 105 Å². The first-order valence-electron chi connectivity index (χ1n) is 6.21. The Morgan fingerprint density at radius 3 is 2.65 bits per heavy atom. The number of methoxy groups -OCH3 is 1. The molecule has 0 spiro atoms. The molecule has 0 saturated carbocycles. The highest BCUT2D eigenvalue weighted by atomic mass is 16.5. The minimum absolute atomic E-state index is 0.547. The average Bonchev–Trinajstić information content (AvgIpc) is 2.28. The van der Waals surface area contributed by atoms with Crippen molar-refractivity contribution in [2.45, 2.75) is 26.3 Å². The third kappa shape index (κ3) is 5.20. The molecule has 1 rings (SSSR count). The predicted octanol–water partition coefficient (Wildman–Crippen LogP) is 2.17. The maximum absolute atomic E-state index is 5.77. The van der Waals surface area contributed by atoms with Crippen LogP contribution in [0.5, 0.6) is 0 Å². The zero-order valence-corrected chi connectivity index (χ0v) is 11.1. The van der Waals surface area contributed by atoms with Crippen LogP contribution < -0.4 is 5.73 Å². The van der Waals surface area contributed by atoms with Gasteiger partial charge < -0.3 is 10.5 Å². The van der Waals surface area contributed by atoms with E-state index in [1.54, 1.807) is 7.11 Å². The number of benzene rings is 1. The van der Waals surface area contributed by atoms with Crippen molar-refractivity contribution >= 4 is 5.69 Å². The summed E-state index contributed by atoms with van der Waals surface area (Å²) in [5, 5.41) is 0. The second-order valence-electron chi connectivity index (χ2n) is 4.62. The van der Waals surface area contributed by atoms with Gasteiger partial charge in [-0.05, 0) is 38.0 Å². The van der Waals surface area contributed by atoms with Gasteiger partial charge in [-0.15, -0.1) is 0 Å². The van der Waals surface area contributed by atoms with Crippen molar-refractivity contribution < 1.29 is 4.74 Å². The molecular weight excluding hydrogens is 212 g/mol. The Morgan fingerprint density at radius 2 is 2.06 bits per heavy atom. The van der Waals surface area contributed by atoms with E-state index in [0.717, 1.165) is 31.8 Å². The molecule has 0 unspecified atom stereocenters. The van der Waals surface area contributed by atoms with Crippen LogP contribution in [0.15, 0.2) is 24.3 Å². The highest BCUT2D eigenvalue weighted by Gasteiger charge is 2.08. The van der Waals surface area contributed by atoms with Gasteiger partial charge in [0.05, 0.1) is 6.61 Å². The molecule has 0 aliphatic carbocycles. The van der Waals surface area contributed by atoms with Gasteiger partial charge in [0.1, 0.15) is 0 Å². The molecule has 0 aliphatic heterocycles. The number of ether oxygens (including phenoxy) is 1. The van der Waals surface area contributed by atoms with Crippen LogP contribution in [0.4, 0.5) is 5.69 Å². The van der Waals surface area contributed by atoms with Crippen molar-refractivity contribution in [2.75, 3.05) is 32.5 Å². The predicted molar refractivity (Wildman–Crippen MR) is 73.1 cm³/mol. The molecule has 96 valence electrons. The largest absolute Gasteiger partial charge is 0.399 e. The Kier molecular flexibility index (Phi) is 6.01. The molecule has 3 nitrogen and oxygen atoms in total. The van der Waals surface area contributed by atoms with Crippen LogP contribution >= 0.6 is 0 Å². The van der Waals surface area contributed by atoms with Crippen LogP contribution in [0.1, 0.15) is 19.4 Å². The highest BCUT2D eigenvalue weighted by Crippen LogP contribution is 2.09. The number of nitrogen functional groups attached to an aromatic ring is 1. The van der Waals surface area contributed by atoms with Crippen LogP contribution in [0, 0.1) is 0 Å². The summed E-state index contributed by atoms with van der Waals surface area (Å²) in [5.41, 5.74) is 7.91. The zero-order chi connectivity index (χ0) is 12.7. The summed E-state index contributed by atoms with van der Waals surface area (Å²) in [4.78, 5) is 2.42. The van der Waals surface area contributed by atoms with Gasteiger partial charge in [-0.25, -0.2) is 0 Å². The van der Waals surface area contributed by atoms with Crippen molar-refractivity contribution in [2.24, 2.45) is 0 Å². The lowest BCUT2D eigenvalue weighted by atomic mass is 10.1. The fraction of sp³-hybridized carbons (Fsp3) is 0.571. The molecule has 3 heteroatoms. The quantitative estimate of drug-likeness (QED) is 0.737. The smallest absolute Gasteiger partial charge is 0.0589 e. The Bertz CT molecular complexity index is 326. The van der Waals surface area contributed by atoms with Crippen LogP contribution in [-0.4, -0.2) is 37.7 Å². The monoisotopic (exact) mass is 236 g/mol. The normalized spacial score (nSPS) is 11.4. The Hall–Kier alpha value is -1.06. The van der Waals surface area contributed by atoms with Gasteiger partial charge in [0, 0.05) is 31.9 Å². The van der Waals surface area contributed by atoms with Crippen molar-refractivity contribution in [3.63, 3.8) is 0 Å². The van der Waals surface area contributed by atoms with Crippen molar-refractivity contribution in [1.29, 1.82) is 0 Å².